The molecule has 2 N–H and O–H groups in total. The summed E-state index contributed by atoms with van der Waals surface area (Å²) in [6, 6.07) is 4.64. The number of ether oxygens (including phenoxy) is 1. The highest BCUT2D eigenvalue weighted by molar-refractivity contribution is 6.33. The molecule has 0 atom stereocenters. The topological polar surface area (TPSA) is 93.2 Å². The lowest BCUT2D eigenvalue weighted by Gasteiger charge is -2.09. The van der Waals surface area contributed by atoms with Crippen LogP contribution in [0.5, 0.6) is 0 Å². The lowest BCUT2D eigenvalue weighted by Crippen LogP contribution is -2.23. The zero-order chi connectivity index (χ0) is 17.5. The van der Waals surface area contributed by atoms with Crippen LogP contribution in [0, 0.1) is 0 Å². The van der Waals surface area contributed by atoms with Gasteiger partial charge in [-0.1, -0.05) is 17.7 Å². The van der Waals surface area contributed by atoms with Crippen molar-refractivity contribution in [2.45, 2.75) is 0 Å². The van der Waals surface area contributed by atoms with Crippen LogP contribution in [-0.2, 0) is 4.74 Å². The molecule has 24 heavy (non-hydrogen) atoms. The zero-order valence-electron chi connectivity index (χ0n) is 12.9. The molecule has 0 aliphatic heterocycles. The molecule has 0 spiro atoms. The van der Waals surface area contributed by atoms with Crippen molar-refractivity contribution in [3.8, 4) is 0 Å². The van der Waals surface area contributed by atoms with Crippen LogP contribution >= 0.6 is 11.6 Å². The lowest BCUT2D eigenvalue weighted by molar-refractivity contribution is 0.0600. The Morgan fingerprint density at radius 3 is 2.62 bits per heavy atom. The molecule has 0 bridgehead atoms. The van der Waals surface area contributed by atoms with Gasteiger partial charge in [-0.05, 0) is 18.2 Å². The maximum atomic E-state index is 11.7. The van der Waals surface area contributed by atoms with Crippen LogP contribution in [0.15, 0.2) is 43.2 Å². The van der Waals surface area contributed by atoms with E-state index in [1.165, 1.54) is 25.6 Å². The fourth-order valence-electron chi connectivity index (χ4n) is 1.76. The van der Waals surface area contributed by atoms with E-state index in [0.29, 0.717) is 28.4 Å². The number of halogens is 1. The summed E-state index contributed by atoms with van der Waals surface area (Å²) in [5.41, 5.74) is 1.10. The van der Waals surface area contributed by atoms with Crippen molar-refractivity contribution in [1.82, 2.24) is 15.3 Å². The van der Waals surface area contributed by atoms with Gasteiger partial charge in [-0.15, -0.1) is 6.58 Å². The highest BCUT2D eigenvalue weighted by Crippen LogP contribution is 2.25. The molecule has 0 radical (unpaired) electrons. The molecule has 8 heteroatoms. The maximum absolute atomic E-state index is 11.7. The van der Waals surface area contributed by atoms with Gasteiger partial charge in [-0.3, -0.25) is 4.79 Å². The summed E-state index contributed by atoms with van der Waals surface area (Å²) in [6.07, 6.45) is 4.34. The monoisotopic (exact) mass is 346 g/mol. The summed E-state index contributed by atoms with van der Waals surface area (Å²) in [5, 5.41) is 5.90. The Labute approximate surface area is 143 Å². The molecule has 2 aromatic rings. The SMILES string of the molecule is C=CCNC(=O)c1cnc(Nc2cc(C(=O)OC)ccc2Cl)nc1. The van der Waals surface area contributed by atoms with Crippen LogP contribution in [0.2, 0.25) is 5.02 Å². The molecule has 0 aliphatic rings. The molecule has 0 aliphatic carbocycles. The normalized spacial score (nSPS) is 9.92. The van der Waals surface area contributed by atoms with Gasteiger partial charge in [0.2, 0.25) is 5.95 Å². The van der Waals surface area contributed by atoms with Gasteiger partial charge in [0.1, 0.15) is 0 Å². The lowest BCUT2D eigenvalue weighted by atomic mass is 10.2. The molecule has 0 unspecified atom stereocenters. The molecule has 1 heterocycles. The van der Waals surface area contributed by atoms with E-state index in [2.05, 4.69) is 31.9 Å². The standard InChI is InChI=1S/C16H15ClN4O3/c1-3-6-18-14(22)11-8-19-16(20-9-11)21-13-7-10(15(23)24-2)4-5-12(13)17/h3-5,7-9H,1,6H2,2H3,(H,18,22)(H,19,20,21). The van der Waals surface area contributed by atoms with Crippen LogP contribution in [-0.4, -0.2) is 35.5 Å². The van der Waals surface area contributed by atoms with E-state index < -0.39 is 5.97 Å². The number of benzene rings is 1. The number of nitrogens with one attached hydrogen (secondary N) is 2. The number of nitrogens with zero attached hydrogens (tertiary/aromatic N) is 2. The number of esters is 1. The minimum atomic E-state index is -0.482. The van der Waals surface area contributed by atoms with E-state index in [4.69, 9.17) is 11.6 Å². The van der Waals surface area contributed by atoms with Crippen molar-refractivity contribution >= 4 is 35.1 Å². The van der Waals surface area contributed by atoms with Crippen LogP contribution in [0.25, 0.3) is 0 Å². The van der Waals surface area contributed by atoms with Gasteiger partial charge < -0.3 is 15.4 Å². The third-order valence-electron chi connectivity index (χ3n) is 2.95. The molecular formula is C16H15ClN4O3. The van der Waals surface area contributed by atoms with Crippen molar-refractivity contribution in [2.24, 2.45) is 0 Å². The molecule has 2 rings (SSSR count). The van der Waals surface area contributed by atoms with Gasteiger partial charge in [0.15, 0.2) is 0 Å². The molecular weight excluding hydrogens is 332 g/mol. The Morgan fingerprint density at radius 1 is 1.29 bits per heavy atom. The average molecular weight is 347 g/mol. The Balaban J connectivity index is 2.15. The van der Waals surface area contributed by atoms with Gasteiger partial charge in [0, 0.05) is 18.9 Å². The van der Waals surface area contributed by atoms with E-state index in [1.54, 1.807) is 18.2 Å². The average Bonchev–Trinajstić information content (AvgIpc) is 2.61. The summed E-state index contributed by atoms with van der Waals surface area (Å²) in [7, 11) is 1.29. The number of aromatic nitrogens is 2. The Bertz CT molecular complexity index is 762. The van der Waals surface area contributed by atoms with Crippen LogP contribution in [0.4, 0.5) is 11.6 Å². The summed E-state index contributed by atoms with van der Waals surface area (Å²) >= 11 is 6.09. The second-order valence-corrected chi connectivity index (χ2v) is 5.01. The summed E-state index contributed by atoms with van der Waals surface area (Å²) in [5.74, 6) is -0.545. The first kappa shape index (κ1) is 17.4. The molecule has 1 aromatic heterocycles. The first-order valence-electron chi connectivity index (χ1n) is 6.91. The number of amides is 1. The largest absolute Gasteiger partial charge is 0.465 e. The Morgan fingerprint density at radius 2 is 2.00 bits per heavy atom. The fourth-order valence-corrected chi connectivity index (χ4v) is 1.93. The van der Waals surface area contributed by atoms with Gasteiger partial charge in [-0.2, -0.15) is 0 Å². The predicted octanol–water partition coefficient (Wildman–Crippen LogP) is 2.58. The van der Waals surface area contributed by atoms with Crippen molar-refractivity contribution in [1.29, 1.82) is 0 Å². The third-order valence-corrected chi connectivity index (χ3v) is 3.28. The van der Waals surface area contributed by atoms with E-state index >= 15 is 0 Å². The fraction of sp³-hybridized carbons (Fsp3) is 0.125. The van der Waals surface area contributed by atoms with Crippen LogP contribution in [0.1, 0.15) is 20.7 Å². The van der Waals surface area contributed by atoms with E-state index in [9.17, 15) is 9.59 Å². The van der Waals surface area contributed by atoms with E-state index in [-0.39, 0.29) is 11.9 Å². The number of carbonyl (C=O) groups is 2. The van der Waals surface area contributed by atoms with Crippen molar-refractivity contribution in [2.75, 3.05) is 19.0 Å². The number of anilines is 2. The second-order valence-electron chi connectivity index (χ2n) is 4.61. The molecule has 1 aromatic carbocycles. The summed E-state index contributed by atoms with van der Waals surface area (Å²) in [4.78, 5) is 31.4. The van der Waals surface area contributed by atoms with Crippen molar-refractivity contribution in [3.63, 3.8) is 0 Å². The number of hydrogen-bond acceptors (Lipinski definition) is 6. The number of methoxy groups -OCH3 is 1. The highest BCUT2D eigenvalue weighted by Gasteiger charge is 2.11. The Kier molecular flexibility index (Phi) is 5.86. The number of hydrogen-bond donors (Lipinski definition) is 2. The smallest absolute Gasteiger partial charge is 0.337 e. The van der Waals surface area contributed by atoms with Crippen molar-refractivity contribution in [3.05, 3.63) is 59.4 Å². The van der Waals surface area contributed by atoms with E-state index in [1.807, 2.05) is 0 Å². The minimum Gasteiger partial charge on any atom is -0.465 e. The third kappa shape index (κ3) is 4.30. The zero-order valence-corrected chi connectivity index (χ0v) is 13.6. The molecule has 1 amide bonds. The first-order valence-corrected chi connectivity index (χ1v) is 7.29. The molecule has 7 nitrogen and oxygen atoms in total. The number of carbonyl (C=O) groups excluding carboxylic acids is 2. The van der Waals surface area contributed by atoms with E-state index in [0.717, 1.165) is 0 Å². The molecule has 0 saturated heterocycles. The maximum Gasteiger partial charge on any atom is 0.337 e. The second kappa shape index (κ2) is 8.07. The van der Waals surface area contributed by atoms with Crippen molar-refractivity contribution < 1.29 is 14.3 Å². The predicted molar refractivity (Wildman–Crippen MR) is 90.6 cm³/mol. The van der Waals surface area contributed by atoms with Gasteiger partial charge in [0.05, 0.1) is 28.9 Å². The summed E-state index contributed by atoms with van der Waals surface area (Å²) in [6.45, 7) is 3.88. The first-order chi connectivity index (χ1) is 11.5. The molecule has 0 saturated carbocycles. The summed E-state index contributed by atoms with van der Waals surface area (Å²) < 4.78 is 4.66. The molecule has 0 fully saturated rings. The highest BCUT2D eigenvalue weighted by atomic mass is 35.5. The van der Waals surface area contributed by atoms with Gasteiger partial charge in [0.25, 0.3) is 5.91 Å². The number of rotatable bonds is 6. The van der Waals surface area contributed by atoms with Gasteiger partial charge >= 0.3 is 5.97 Å². The minimum absolute atomic E-state index is 0.235. The van der Waals surface area contributed by atoms with Crippen LogP contribution in [0.3, 0.4) is 0 Å². The molecule has 124 valence electrons. The Hall–Kier alpha value is -2.93. The van der Waals surface area contributed by atoms with Gasteiger partial charge in [-0.25, -0.2) is 14.8 Å². The quantitative estimate of drug-likeness (QED) is 0.617. The van der Waals surface area contributed by atoms with Crippen LogP contribution < -0.4 is 10.6 Å².